The monoisotopic (exact) mass is 271 g/mol. The van der Waals surface area contributed by atoms with Crippen molar-refractivity contribution in [2.24, 2.45) is 0 Å². The molecular formula is C16H21N3O. The first-order valence-corrected chi connectivity index (χ1v) is 7.37. The van der Waals surface area contributed by atoms with Gasteiger partial charge in [-0.3, -0.25) is 0 Å². The average molecular weight is 271 g/mol. The summed E-state index contributed by atoms with van der Waals surface area (Å²) in [5.41, 5.74) is 1.43. The van der Waals surface area contributed by atoms with Gasteiger partial charge in [-0.15, -0.1) is 10.2 Å². The van der Waals surface area contributed by atoms with Gasteiger partial charge in [0, 0.05) is 13.5 Å². The Morgan fingerprint density at radius 2 is 2.10 bits per heavy atom. The molecule has 0 amide bonds. The standard InChI is InChI=1S/C16H21N3O/c1-13-17-18-16(20-13)15-9-11-19(12-15)10-5-8-14-6-3-2-4-7-14/h2-4,6-7,15H,5,8-12H2,1H3/t15-/m0/s1. The highest BCUT2D eigenvalue weighted by atomic mass is 16.4. The number of hydrogen-bond acceptors (Lipinski definition) is 4. The van der Waals surface area contributed by atoms with Crippen LogP contribution in [-0.2, 0) is 6.42 Å². The first-order chi connectivity index (χ1) is 9.81. The van der Waals surface area contributed by atoms with E-state index in [1.54, 1.807) is 0 Å². The van der Waals surface area contributed by atoms with Crippen molar-refractivity contribution >= 4 is 0 Å². The lowest BCUT2D eigenvalue weighted by atomic mass is 10.1. The van der Waals surface area contributed by atoms with Crippen molar-refractivity contribution in [3.05, 3.63) is 47.7 Å². The minimum absolute atomic E-state index is 0.424. The molecule has 0 spiro atoms. The van der Waals surface area contributed by atoms with E-state index < -0.39 is 0 Å². The molecule has 1 aromatic carbocycles. The summed E-state index contributed by atoms with van der Waals surface area (Å²) in [7, 11) is 0. The zero-order valence-corrected chi connectivity index (χ0v) is 12.0. The maximum atomic E-state index is 5.54. The Morgan fingerprint density at radius 3 is 2.85 bits per heavy atom. The molecule has 1 aromatic heterocycles. The van der Waals surface area contributed by atoms with Crippen LogP contribution < -0.4 is 0 Å². The van der Waals surface area contributed by atoms with Gasteiger partial charge in [0.2, 0.25) is 11.8 Å². The number of aromatic nitrogens is 2. The molecular weight excluding hydrogens is 250 g/mol. The van der Waals surface area contributed by atoms with Crippen LogP contribution in [0.2, 0.25) is 0 Å². The normalized spacial score (nSPS) is 19.6. The fourth-order valence-electron chi connectivity index (χ4n) is 2.87. The second-order valence-corrected chi connectivity index (χ2v) is 5.53. The van der Waals surface area contributed by atoms with Gasteiger partial charge < -0.3 is 9.32 Å². The van der Waals surface area contributed by atoms with Gasteiger partial charge in [-0.2, -0.15) is 0 Å². The van der Waals surface area contributed by atoms with Crippen LogP contribution in [0.1, 0.15) is 36.1 Å². The largest absolute Gasteiger partial charge is 0.425 e. The second-order valence-electron chi connectivity index (χ2n) is 5.53. The highest BCUT2D eigenvalue weighted by Gasteiger charge is 2.27. The van der Waals surface area contributed by atoms with Crippen LogP contribution in [0.3, 0.4) is 0 Å². The van der Waals surface area contributed by atoms with E-state index in [2.05, 4.69) is 45.4 Å². The van der Waals surface area contributed by atoms with Gasteiger partial charge in [0.25, 0.3) is 0 Å². The van der Waals surface area contributed by atoms with Crippen LogP contribution in [0, 0.1) is 6.92 Å². The van der Waals surface area contributed by atoms with E-state index in [1.807, 2.05) is 6.92 Å². The molecule has 1 fully saturated rings. The van der Waals surface area contributed by atoms with Gasteiger partial charge in [-0.1, -0.05) is 30.3 Å². The van der Waals surface area contributed by atoms with Gasteiger partial charge in [0.15, 0.2) is 0 Å². The third-order valence-corrected chi connectivity index (χ3v) is 3.95. The quantitative estimate of drug-likeness (QED) is 0.838. The molecule has 1 aliphatic rings. The molecule has 20 heavy (non-hydrogen) atoms. The predicted octanol–water partition coefficient (Wildman–Crippen LogP) is 2.80. The number of rotatable bonds is 5. The molecule has 1 saturated heterocycles. The van der Waals surface area contributed by atoms with Crippen LogP contribution in [-0.4, -0.2) is 34.7 Å². The Labute approximate surface area is 119 Å². The summed E-state index contributed by atoms with van der Waals surface area (Å²) in [5.74, 6) is 1.91. The molecule has 0 bridgehead atoms. The number of benzene rings is 1. The van der Waals surface area contributed by atoms with E-state index in [1.165, 1.54) is 12.0 Å². The van der Waals surface area contributed by atoms with Gasteiger partial charge in [0.1, 0.15) is 0 Å². The predicted molar refractivity (Wildman–Crippen MR) is 77.6 cm³/mol. The molecule has 3 rings (SSSR count). The van der Waals surface area contributed by atoms with Crippen molar-refractivity contribution < 1.29 is 4.42 Å². The van der Waals surface area contributed by atoms with Crippen molar-refractivity contribution in [3.63, 3.8) is 0 Å². The summed E-state index contributed by atoms with van der Waals surface area (Å²) in [6.07, 6.45) is 3.49. The summed E-state index contributed by atoms with van der Waals surface area (Å²) in [5, 5.41) is 8.07. The number of nitrogens with zero attached hydrogens (tertiary/aromatic N) is 3. The van der Waals surface area contributed by atoms with E-state index >= 15 is 0 Å². The summed E-state index contributed by atoms with van der Waals surface area (Å²) in [6.45, 7) is 5.19. The molecule has 4 nitrogen and oxygen atoms in total. The zero-order chi connectivity index (χ0) is 13.8. The van der Waals surface area contributed by atoms with Gasteiger partial charge in [-0.05, 0) is 37.9 Å². The number of hydrogen-bond donors (Lipinski definition) is 0. The first kappa shape index (κ1) is 13.3. The zero-order valence-electron chi connectivity index (χ0n) is 12.0. The molecule has 106 valence electrons. The lowest BCUT2D eigenvalue weighted by Crippen LogP contribution is -2.22. The van der Waals surface area contributed by atoms with Crippen LogP contribution >= 0.6 is 0 Å². The van der Waals surface area contributed by atoms with Gasteiger partial charge in [0.05, 0.1) is 5.92 Å². The van der Waals surface area contributed by atoms with Crippen LogP contribution in [0.15, 0.2) is 34.7 Å². The molecule has 2 aromatic rings. The molecule has 0 N–H and O–H groups in total. The average Bonchev–Trinajstić information content (AvgIpc) is 3.09. The maximum absolute atomic E-state index is 5.54. The number of likely N-dealkylation sites (tertiary alicyclic amines) is 1. The van der Waals surface area contributed by atoms with Gasteiger partial charge >= 0.3 is 0 Å². The second kappa shape index (κ2) is 6.18. The minimum atomic E-state index is 0.424. The van der Waals surface area contributed by atoms with Crippen LogP contribution in [0.5, 0.6) is 0 Å². The SMILES string of the molecule is Cc1nnc([C@H]2CCN(CCCc3ccccc3)C2)o1. The maximum Gasteiger partial charge on any atom is 0.220 e. The molecule has 1 atom stereocenters. The highest BCUT2D eigenvalue weighted by molar-refractivity contribution is 5.14. The lowest BCUT2D eigenvalue weighted by molar-refractivity contribution is 0.322. The Kier molecular flexibility index (Phi) is 4.11. The van der Waals surface area contributed by atoms with E-state index in [0.29, 0.717) is 11.8 Å². The van der Waals surface area contributed by atoms with Crippen molar-refractivity contribution in [2.75, 3.05) is 19.6 Å². The first-order valence-electron chi connectivity index (χ1n) is 7.37. The smallest absolute Gasteiger partial charge is 0.220 e. The third-order valence-electron chi connectivity index (χ3n) is 3.95. The fraction of sp³-hybridized carbons (Fsp3) is 0.500. The molecule has 0 radical (unpaired) electrons. The summed E-state index contributed by atoms with van der Waals surface area (Å²) < 4.78 is 5.54. The fourth-order valence-corrected chi connectivity index (χ4v) is 2.87. The minimum Gasteiger partial charge on any atom is -0.425 e. The van der Waals surface area contributed by atoms with E-state index in [-0.39, 0.29) is 0 Å². The molecule has 2 heterocycles. The summed E-state index contributed by atoms with van der Waals surface area (Å²) in [4.78, 5) is 2.51. The van der Waals surface area contributed by atoms with Crippen molar-refractivity contribution in [1.82, 2.24) is 15.1 Å². The van der Waals surface area contributed by atoms with Crippen molar-refractivity contribution in [3.8, 4) is 0 Å². The van der Waals surface area contributed by atoms with Crippen LogP contribution in [0.4, 0.5) is 0 Å². The van der Waals surface area contributed by atoms with E-state index in [4.69, 9.17) is 4.42 Å². The summed E-state index contributed by atoms with van der Waals surface area (Å²) in [6, 6.07) is 10.7. The highest BCUT2D eigenvalue weighted by Crippen LogP contribution is 2.26. The Balaban J connectivity index is 1.44. The van der Waals surface area contributed by atoms with E-state index in [9.17, 15) is 0 Å². The Hall–Kier alpha value is -1.68. The van der Waals surface area contributed by atoms with Gasteiger partial charge in [-0.25, -0.2) is 0 Å². The van der Waals surface area contributed by atoms with E-state index in [0.717, 1.165) is 38.4 Å². The molecule has 0 aliphatic carbocycles. The lowest BCUT2D eigenvalue weighted by Gasteiger charge is -2.14. The summed E-state index contributed by atoms with van der Waals surface area (Å²) >= 11 is 0. The molecule has 1 aliphatic heterocycles. The molecule has 0 unspecified atom stereocenters. The van der Waals surface area contributed by atoms with Crippen LogP contribution in [0.25, 0.3) is 0 Å². The molecule has 4 heteroatoms. The van der Waals surface area contributed by atoms with Crippen molar-refractivity contribution in [1.29, 1.82) is 0 Å². The Bertz CT molecular complexity index is 538. The number of aryl methyl sites for hydroxylation is 2. The third kappa shape index (κ3) is 3.25. The molecule has 0 saturated carbocycles. The van der Waals surface area contributed by atoms with Crippen molar-refractivity contribution in [2.45, 2.75) is 32.1 Å². The topological polar surface area (TPSA) is 42.2 Å². The Morgan fingerprint density at radius 1 is 1.25 bits per heavy atom.